The molecular weight excluding hydrogens is 330 g/mol. The Balaban J connectivity index is 1.63. The minimum atomic E-state index is -0.0457. The summed E-state index contributed by atoms with van der Waals surface area (Å²) in [6.07, 6.45) is 1.06. The van der Waals surface area contributed by atoms with Gasteiger partial charge in [0.25, 0.3) is 0 Å². The first-order valence-corrected chi connectivity index (χ1v) is 9.61. The number of para-hydroxylation sites is 2. The first-order chi connectivity index (χ1) is 13.1. The highest BCUT2D eigenvalue weighted by molar-refractivity contribution is 6.02. The lowest BCUT2D eigenvalue weighted by Crippen LogP contribution is -2.33. The zero-order chi connectivity index (χ0) is 18.9. The summed E-state index contributed by atoms with van der Waals surface area (Å²) in [5, 5.41) is 0. The molecule has 0 N–H and O–H groups in total. The number of amides is 1. The Morgan fingerprint density at radius 3 is 1.78 bits per heavy atom. The molecule has 0 radical (unpaired) electrons. The molecule has 3 aromatic carbocycles. The first-order valence-electron chi connectivity index (χ1n) is 9.61. The monoisotopic (exact) mass is 355 g/mol. The van der Waals surface area contributed by atoms with Gasteiger partial charge in [0.05, 0.1) is 0 Å². The molecule has 0 saturated heterocycles. The fourth-order valence-corrected chi connectivity index (χ4v) is 4.21. The summed E-state index contributed by atoms with van der Waals surface area (Å²) >= 11 is 0. The molecule has 1 aliphatic rings. The lowest BCUT2D eigenvalue weighted by Gasteiger charge is -2.27. The molecule has 1 amide bonds. The summed E-state index contributed by atoms with van der Waals surface area (Å²) in [5.41, 5.74) is 3.26. The highest BCUT2D eigenvalue weighted by Crippen LogP contribution is 2.58. The predicted molar refractivity (Wildman–Crippen MR) is 111 cm³/mol. The van der Waals surface area contributed by atoms with E-state index in [1.54, 1.807) is 0 Å². The zero-order valence-corrected chi connectivity index (χ0v) is 15.9. The van der Waals surface area contributed by atoms with Crippen molar-refractivity contribution in [3.8, 4) is 0 Å². The van der Waals surface area contributed by atoms with Gasteiger partial charge in [0.1, 0.15) is 0 Å². The maximum Gasteiger partial charge on any atom is 0.234 e. The van der Waals surface area contributed by atoms with Crippen molar-refractivity contribution in [1.29, 1.82) is 0 Å². The van der Waals surface area contributed by atoms with Crippen LogP contribution in [0, 0.1) is 11.8 Å². The molecule has 4 rings (SSSR count). The Hall–Kier alpha value is -2.87. The molecule has 0 spiro atoms. The molecule has 27 heavy (non-hydrogen) atoms. The third-order valence-electron chi connectivity index (χ3n) is 5.98. The standard InChI is InChI=1S/C25H25NO/c1-19(23-18-25(23,2)20-12-6-3-7-13-20)24(27)26(21-14-8-4-9-15-21)22-16-10-5-11-17-22/h3-17,19,23H,18H2,1-2H3/t19-,23-,25-/m0/s1. The lowest BCUT2D eigenvalue weighted by atomic mass is 9.90. The Morgan fingerprint density at radius 2 is 1.30 bits per heavy atom. The van der Waals surface area contributed by atoms with Gasteiger partial charge in [0.15, 0.2) is 0 Å². The summed E-state index contributed by atoms with van der Waals surface area (Å²) in [6, 6.07) is 30.5. The maximum absolute atomic E-state index is 13.6. The summed E-state index contributed by atoms with van der Waals surface area (Å²) in [6.45, 7) is 4.37. The van der Waals surface area contributed by atoms with Gasteiger partial charge >= 0.3 is 0 Å². The van der Waals surface area contributed by atoms with E-state index in [9.17, 15) is 4.79 Å². The molecule has 1 aliphatic carbocycles. The van der Waals surface area contributed by atoms with Crippen LogP contribution in [0.25, 0.3) is 0 Å². The zero-order valence-electron chi connectivity index (χ0n) is 15.9. The molecule has 2 nitrogen and oxygen atoms in total. The van der Waals surface area contributed by atoms with Crippen molar-refractivity contribution in [2.45, 2.75) is 25.7 Å². The molecule has 1 fully saturated rings. The van der Waals surface area contributed by atoms with Gasteiger partial charge in [-0.1, -0.05) is 80.6 Å². The largest absolute Gasteiger partial charge is 0.281 e. The van der Waals surface area contributed by atoms with Crippen molar-refractivity contribution in [3.63, 3.8) is 0 Å². The van der Waals surface area contributed by atoms with Gasteiger partial charge in [-0.15, -0.1) is 0 Å². The Morgan fingerprint density at radius 1 is 0.852 bits per heavy atom. The number of carbonyl (C=O) groups excluding carboxylic acids is 1. The van der Waals surface area contributed by atoms with E-state index in [0.29, 0.717) is 5.92 Å². The second-order valence-electron chi connectivity index (χ2n) is 7.73. The van der Waals surface area contributed by atoms with Crippen LogP contribution in [0.15, 0.2) is 91.0 Å². The van der Waals surface area contributed by atoms with E-state index in [2.05, 4.69) is 38.1 Å². The Labute approximate surface area is 161 Å². The van der Waals surface area contributed by atoms with E-state index < -0.39 is 0 Å². The van der Waals surface area contributed by atoms with Crippen molar-refractivity contribution in [1.82, 2.24) is 0 Å². The molecule has 0 unspecified atom stereocenters. The number of anilines is 2. The lowest BCUT2D eigenvalue weighted by molar-refractivity contribution is -0.121. The highest BCUT2D eigenvalue weighted by Gasteiger charge is 2.55. The minimum Gasteiger partial charge on any atom is -0.281 e. The molecule has 0 bridgehead atoms. The van der Waals surface area contributed by atoms with Gasteiger partial charge in [-0.3, -0.25) is 9.69 Å². The van der Waals surface area contributed by atoms with E-state index in [-0.39, 0.29) is 17.2 Å². The van der Waals surface area contributed by atoms with Crippen LogP contribution in [-0.4, -0.2) is 5.91 Å². The molecule has 0 aromatic heterocycles. The topological polar surface area (TPSA) is 20.3 Å². The SMILES string of the molecule is C[C@H](C(=O)N(c1ccccc1)c1ccccc1)[C@@H]1C[C@@]1(C)c1ccccc1. The van der Waals surface area contributed by atoms with Crippen molar-refractivity contribution in [2.24, 2.45) is 11.8 Å². The maximum atomic E-state index is 13.6. The fraction of sp³-hybridized carbons (Fsp3) is 0.240. The molecular formula is C25H25NO. The van der Waals surface area contributed by atoms with Gasteiger partial charge in [-0.05, 0) is 47.6 Å². The fourth-order valence-electron chi connectivity index (χ4n) is 4.21. The highest BCUT2D eigenvalue weighted by atomic mass is 16.2. The van der Waals surface area contributed by atoms with Crippen LogP contribution in [0.5, 0.6) is 0 Å². The van der Waals surface area contributed by atoms with Crippen LogP contribution in [-0.2, 0) is 10.2 Å². The normalized spacial score (nSPS) is 22.1. The van der Waals surface area contributed by atoms with Crippen LogP contribution in [0.4, 0.5) is 11.4 Å². The summed E-state index contributed by atoms with van der Waals surface area (Å²) < 4.78 is 0. The molecule has 0 aliphatic heterocycles. The first kappa shape index (κ1) is 17.5. The van der Waals surface area contributed by atoms with E-state index in [4.69, 9.17) is 0 Å². The third-order valence-corrected chi connectivity index (χ3v) is 5.98. The van der Waals surface area contributed by atoms with E-state index in [1.165, 1.54) is 5.56 Å². The van der Waals surface area contributed by atoms with E-state index >= 15 is 0 Å². The van der Waals surface area contributed by atoms with Crippen LogP contribution in [0.1, 0.15) is 25.8 Å². The second-order valence-corrected chi connectivity index (χ2v) is 7.73. The van der Waals surface area contributed by atoms with Crippen LogP contribution >= 0.6 is 0 Å². The van der Waals surface area contributed by atoms with Gasteiger partial charge in [-0.25, -0.2) is 0 Å². The van der Waals surface area contributed by atoms with Crippen LogP contribution in [0.3, 0.4) is 0 Å². The molecule has 3 aromatic rings. The van der Waals surface area contributed by atoms with Gasteiger partial charge < -0.3 is 0 Å². The molecule has 3 atom stereocenters. The van der Waals surface area contributed by atoms with Gasteiger partial charge in [0.2, 0.25) is 5.91 Å². The van der Waals surface area contributed by atoms with Crippen LogP contribution in [0.2, 0.25) is 0 Å². The smallest absolute Gasteiger partial charge is 0.234 e. The van der Waals surface area contributed by atoms with E-state index in [0.717, 1.165) is 17.8 Å². The van der Waals surface area contributed by atoms with Crippen molar-refractivity contribution in [2.75, 3.05) is 4.90 Å². The summed E-state index contributed by atoms with van der Waals surface area (Å²) in [4.78, 5) is 15.4. The Bertz CT molecular complexity index is 867. The van der Waals surface area contributed by atoms with E-state index in [1.807, 2.05) is 71.6 Å². The average molecular weight is 355 g/mol. The van der Waals surface area contributed by atoms with Crippen LogP contribution < -0.4 is 4.90 Å². The third kappa shape index (κ3) is 3.28. The average Bonchev–Trinajstić information content (AvgIpc) is 3.43. The number of carbonyl (C=O) groups is 1. The Kier molecular flexibility index (Phi) is 4.57. The van der Waals surface area contributed by atoms with Gasteiger partial charge in [-0.2, -0.15) is 0 Å². The summed E-state index contributed by atoms with van der Waals surface area (Å²) in [5.74, 6) is 0.481. The minimum absolute atomic E-state index is 0.0457. The molecule has 136 valence electrons. The number of nitrogens with zero attached hydrogens (tertiary/aromatic N) is 1. The molecule has 1 saturated carbocycles. The summed E-state index contributed by atoms with van der Waals surface area (Å²) in [7, 11) is 0. The number of benzene rings is 3. The number of hydrogen-bond acceptors (Lipinski definition) is 1. The second kappa shape index (κ2) is 7.03. The number of rotatable bonds is 5. The molecule has 0 heterocycles. The van der Waals surface area contributed by atoms with Crippen molar-refractivity contribution >= 4 is 17.3 Å². The molecule has 2 heteroatoms. The predicted octanol–water partition coefficient (Wildman–Crippen LogP) is 5.97. The van der Waals surface area contributed by atoms with Crippen molar-refractivity contribution < 1.29 is 4.79 Å². The van der Waals surface area contributed by atoms with Crippen molar-refractivity contribution in [3.05, 3.63) is 96.6 Å². The number of hydrogen-bond donors (Lipinski definition) is 0. The van der Waals surface area contributed by atoms with Gasteiger partial charge in [0, 0.05) is 17.3 Å². The quantitative estimate of drug-likeness (QED) is 0.552.